The lowest BCUT2D eigenvalue weighted by molar-refractivity contribution is -0.134. The molecule has 0 radical (unpaired) electrons. The molecule has 1 fully saturated rings. The summed E-state index contributed by atoms with van der Waals surface area (Å²) in [5.74, 6) is -0.804. The van der Waals surface area contributed by atoms with Gasteiger partial charge in [-0.05, 0) is 12.0 Å². The predicted molar refractivity (Wildman–Crippen MR) is 85.9 cm³/mol. The fourth-order valence-corrected chi connectivity index (χ4v) is 3.01. The van der Waals surface area contributed by atoms with Crippen molar-refractivity contribution in [3.05, 3.63) is 36.5 Å². The molecule has 2 aromatic rings. The first kappa shape index (κ1) is 15.2. The number of rotatable bonds is 3. The second-order valence-electron chi connectivity index (χ2n) is 5.00. The number of carbonyl (C=O) groups excluding carboxylic acids is 3. The maximum Gasteiger partial charge on any atom is 0.321 e. The van der Waals surface area contributed by atoms with Gasteiger partial charge in [-0.2, -0.15) is 0 Å². The lowest BCUT2D eigenvalue weighted by Crippen LogP contribution is -2.53. The van der Waals surface area contributed by atoms with Crippen molar-refractivity contribution in [1.29, 1.82) is 0 Å². The molecule has 4 amide bonds. The molecule has 1 saturated heterocycles. The molecule has 1 aliphatic heterocycles. The third-order valence-corrected chi connectivity index (χ3v) is 4.29. The lowest BCUT2D eigenvalue weighted by atomic mass is 10.1. The summed E-state index contributed by atoms with van der Waals surface area (Å²) in [7, 11) is 0. The normalized spacial score (nSPS) is 17.5. The van der Waals surface area contributed by atoms with E-state index in [-0.39, 0.29) is 12.3 Å². The van der Waals surface area contributed by atoms with Crippen LogP contribution in [0.2, 0.25) is 0 Å². The molecule has 2 heterocycles. The minimum atomic E-state index is -0.707. The van der Waals surface area contributed by atoms with Crippen molar-refractivity contribution in [3.8, 4) is 10.4 Å². The van der Waals surface area contributed by atoms with Gasteiger partial charge in [0.15, 0.2) is 5.13 Å². The first-order valence-electron chi connectivity index (χ1n) is 7.04. The largest absolute Gasteiger partial charge is 0.326 e. The molecule has 0 aliphatic carbocycles. The average Bonchev–Trinajstić information content (AvgIpc) is 2.99. The number of piperidine rings is 1. The van der Waals surface area contributed by atoms with Gasteiger partial charge in [0.1, 0.15) is 6.04 Å². The highest BCUT2D eigenvalue weighted by Gasteiger charge is 2.27. The number of benzene rings is 1. The third-order valence-electron chi connectivity index (χ3n) is 3.33. The number of hydrogen-bond donors (Lipinski definition) is 3. The van der Waals surface area contributed by atoms with E-state index >= 15 is 0 Å². The number of carbonyl (C=O) groups is 3. The number of urea groups is 1. The Morgan fingerprint density at radius 1 is 1.26 bits per heavy atom. The number of nitrogens with one attached hydrogen (secondary N) is 3. The molecule has 1 aromatic heterocycles. The number of nitrogens with zero attached hydrogens (tertiary/aromatic N) is 1. The molecular weight excluding hydrogens is 316 g/mol. The van der Waals surface area contributed by atoms with E-state index in [4.69, 9.17) is 0 Å². The zero-order valence-electron chi connectivity index (χ0n) is 12.0. The van der Waals surface area contributed by atoms with Crippen LogP contribution in [0, 0.1) is 0 Å². The maximum absolute atomic E-state index is 11.9. The van der Waals surface area contributed by atoms with E-state index in [9.17, 15) is 14.4 Å². The summed E-state index contributed by atoms with van der Waals surface area (Å²) in [6.07, 6.45) is 2.19. The number of amides is 4. The van der Waals surface area contributed by atoms with E-state index in [1.54, 1.807) is 6.20 Å². The van der Waals surface area contributed by atoms with Crippen molar-refractivity contribution in [1.82, 2.24) is 15.6 Å². The van der Waals surface area contributed by atoms with Crippen LogP contribution >= 0.6 is 11.3 Å². The molecule has 1 unspecified atom stereocenters. The molecule has 3 rings (SSSR count). The Morgan fingerprint density at radius 2 is 2.04 bits per heavy atom. The summed E-state index contributed by atoms with van der Waals surface area (Å²) in [5, 5.41) is 7.77. The van der Waals surface area contributed by atoms with Crippen molar-refractivity contribution in [2.45, 2.75) is 18.9 Å². The molecule has 3 N–H and O–H groups in total. The van der Waals surface area contributed by atoms with E-state index in [1.807, 2.05) is 30.3 Å². The van der Waals surface area contributed by atoms with Gasteiger partial charge < -0.3 is 5.32 Å². The standard InChI is InChI=1S/C15H14N4O3S/c20-12-7-6-10(13(21)18-12)17-14(22)19-15-16-8-11(23-15)9-4-2-1-3-5-9/h1-5,8,10H,6-7H2,(H,18,20,21)(H2,16,17,19,22). The number of thiazole rings is 1. The second-order valence-corrected chi connectivity index (χ2v) is 6.03. The smallest absolute Gasteiger partial charge is 0.321 e. The molecule has 1 aliphatic rings. The van der Waals surface area contributed by atoms with Crippen LogP contribution in [-0.2, 0) is 9.59 Å². The van der Waals surface area contributed by atoms with Gasteiger partial charge in [0.2, 0.25) is 11.8 Å². The van der Waals surface area contributed by atoms with E-state index in [2.05, 4.69) is 20.9 Å². The topological polar surface area (TPSA) is 100 Å². The minimum Gasteiger partial charge on any atom is -0.326 e. The second kappa shape index (κ2) is 6.57. The van der Waals surface area contributed by atoms with Crippen molar-refractivity contribution < 1.29 is 14.4 Å². The molecule has 0 saturated carbocycles. The molecule has 7 nitrogen and oxygen atoms in total. The van der Waals surface area contributed by atoms with Crippen LogP contribution in [-0.4, -0.2) is 28.9 Å². The fraction of sp³-hybridized carbons (Fsp3) is 0.200. The van der Waals surface area contributed by atoms with Crippen LogP contribution in [0.25, 0.3) is 10.4 Å². The predicted octanol–water partition coefficient (Wildman–Crippen LogP) is 1.74. The Hall–Kier alpha value is -2.74. The fourth-order valence-electron chi connectivity index (χ4n) is 2.19. The minimum absolute atomic E-state index is 0.214. The Labute approximate surface area is 136 Å². The van der Waals surface area contributed by atoms with Crippen molar-refractivity contribution in [2.24, 2.45) is 0 Å². The summed E-state index contributed by atoms with van der Waals surface area (Å²) in [5.41, 5.74) is 1.02. The Kier molecular flexibility index (Phi) is 4.33. The summed E-state index contributed by atoms with van der Waals surface area (Å²) in [4.78, 5) is 39.7. The van der Waals surface area contributed by atoms with Crippen LogP contribution in [0.5, 0.6) is 0 Å². The Bertz CT molecular complexity index is 744. The van der Waals surface area contributed by atoms with E-state index in [1.165, 1.54) is 11.3 Å². The molecule has 1 atom stereocenters. The SMILES string of the molecule is O=C1CCC(NC(=O)Nc2ncc(-c3ccccc3)s2)C(=O)N1. The molecule has 23 heavy (non-hydrogen) atoms. The average molecular weight is 330 g/mol. The monoisotopic (exact) mass is 330 g/mol. The van der Waals surface area contributed by atoms with Crippen LogP contribution in [0.4, 0.5) is 9.93 Å². The number of aromatic nitrogens is 1. The number of anilines is 1. The lowest BCUT2D eigenvalue weighted by Gasteiger charge is -2.21. The molecule has 118 valence electrons. The van der Waals surface area contributed by atoms with Gasteiger partial charge in [-0.3, -0.25) is 20.2 Å². The van der Waals surface area contributed by atoms with E-state index < -0.39 is 18.0 Å². The first-order valence-corrected chi connectivity index (χ1v) is 7.86. The van der Waals surface area contributed by atoms with Gasteiger partial charge in [-0.15, -0.1) is 0 Å². The number of hydrogen-bond acceptors (Lipinski definition) is 5. The summed E-state index contributed by atoms with van der Waals surface area (Å²) in [6, 6.07) is 8.48. The number of imide groups is 1. The Morgan fingerprint density at radius 3 is 2.78 bits per heavy atom. The van der Waals surface area contributed by atoms with Gasteiger partial charge in [-0.1, -0.05) is 41.7 Å². The van der Waals surface area contributed by atoms with Gasteiger partial charge in [0, 0.05) is 12.6 Å². The van der Waals surface area contributed by atoms with Crippen molar-refractivity contribution in [2.75, 3.05) is 5.32 Å². The summed E-state index contributed by atoms with van der Waals surface area (Å²) in [6.45, 7) is 0. The quantitative estimate of drug-likeness (QED) is 0.746. The van der Waals surface area contributed by atoms with E-state index in [0.29, 0.717) is 11.6 Å². The molecule has 8 heteroatoms. The summed E-state index contributed by atoms with van der Waals surface area (Å²) < 4.78 is 0. The first-order chi connectivity index (χ1) is 11.1. The molecular formula is C15H14N4O3S. The Balaban J connectivity index is 1.59. The highest BCUT2D eigenvalue weighted by atomic mass is 32.1. The van der Waals surface area contributed by atoms with Crippen LogP contribution in [0.3, 0.4) is 0 Å². The maximum atomic E-state index is 11.9. The van der Waals surface area contributed by atoms with Crippen LogP contribution < -0.4 is 16.0 Å². The zero-order chi connectivity index (χ0) is 16.2. The third kappa shape index (κ3) is 3.72. The van der Waals surface area contributed by atoms with Gasteiger partial charge in [0.05, 0.1) is 4.88 Å². The molecule has 0 bridgehead atoms. The highest BCUT2D eigenvalue weighted by Crippen LogP contribution is 2.28. The molecule has 0 spiro atoms. The van der Waals surface area contributed by atoms with Gasteiger partial charge in [0.25, 0.3) is 0 Å². The highest BCUT2D eigenvalue weighted by molar-refractivity contribution is 7.19. The summed E-state index contributed by atoms with van der Waals surface area (Å²) >= 11 is 1.34. The molecule has 1 aromatic carbocycles. The van der Waals surface area contributed by atoms with Crippen LogP contribution in [0.1, 0.15) is 12.8 Å². The van der Waals surface area contributed by atoms with Crippen molar-refractivity contribution in [3.63, 3.8) is 0 Å². The van der Waals surface area contributed by atoms with Gasteiger partial charge in [-0.25, -0.2) is 9.78 Å². The van der Waals surface area contributed by atoms with Crippen molar-refractivity contribution >= 4 is 34.3 Å². The van der Waals surface area contributed by atoms with E-state index in [0.717, 1.165) is 10.4 Å². The zero-order valence-corrected chi connectivity index (χ0v) is 12.9. The van der Waals surface area contributed by atoms with Crippen LogP contribution in [0.15, 0.2) is 36.5 Å². The van der Waals surface area contributed by atoms with Gasteiger partial charge >= 0.3 is 6.03 Å².